The van der Waals surface area contributed by atoms with Crippen molar-refractivity contribution in [2.75, 3.05) is 6.61 Å². The van der Waals surface area contributed by atoms with Gasteiger partial charge in [0.2, 0.25) is 0 Å². The summed E-state index contributed by atoms with van der Waals surface area (Å²) in [6.07, 6.45) is -2.24. The van der Waals surface area contributed by atoms with E-state index in [1.807, 2.05) is 6.92 Å². The number of esters is 1. The first kappa shape index (κ1) is 15.6. The summed E-state index contributed by atoms with van der Waals surface area (Å²) in [5.74, 6) is -1.67. The van der Waals surface area contributed by atoms with E-state index in [0.29, 0.717) is 6.42 Å². The van der Waals surface area contributed by atoms with Crippen LogP contribution in [0.1, 0.15) is 52.4 Å². The van der Waals surface area contributed by atoms with Gasteiger partial charge in [-0.2, -0.15) is 13.2 Å². The number of rotatable bonds is 4. The fourth-order valence-corrected chi connectivity index (χ4v) is 3.43. The maximum atomic E-state index is 12.7. The highest BCUT2D eigenvalue weighted by Crippen LogP contribution is 2.61. The maximum absolute atomic E-state index is 12.7. The molecule has 1 aliphatic carbocycles. The Balaban J connectivity index is 2.05. The Bertz CT molecular complexity index is 372. The standard InChI is InChI=1S/C14H21F3O3/c1-3-7-13(11(18)19-4-2)12(20-13)8-5-10(6-9-12)14(15,16)17/h10H,3-9H2,1-2H3. The molecule has 1 atom stereocenters. The van der Waals surface area contributed by atoms with Crippen molar-refractivity contribution in [3.8, 4) is 0 Å². The molecular formula is C14H21F3O3. The molecule has 1 heterocycles. The number of hydrogen-bond donors (Lipinski definition) is 0. The molecule has 0 amide bonds. The minimum absolute atomic E-state index is 0.0361. The number of carbonyl (C=O) groups is 1. The van der Waals surface area contributed by atoms with E-state index < -0.39 is 29.3 Å². The second kappa shape index (κ2) is 5.20. The van der Waals surface area contributed by atoms with Crippen molar-refractivity contribution < 1.29 is 27.4 Å². The van der Waals surface area contributed by atoms with Gasteiger partial charge in [0.1, 0.15) is 5.60 Å². The third-order valence-electron chi connectivity index (χ3n) is 4.53. The lowest BCUT2D eigenvalue weighted by atomic mass is 9.74. The van der Waals surface area contributed by atoms with Crippen molar-refractivity contribution in [3.05, 3.63) is 0 Å². The van der Waals surface area contributed by atoms with E-state index >= 15 is 0 Å². The van der Waals surface area contributed by atoms with E-state index in [9.17, 15) is 18.0 Å². The molecule has 1 saturated heterocycles. The summed E-state index contributed by atoms with van der Waals surface area (Å²) in [5.41, 5.74) is -1.70. The summed E-state index contributed by atoms with van der Waals surface area (Å²) >= 11 is 0. The van der Waals surface area contributed by atoms with Crippen molar-refractivity contribution in [2.24, 2.45) is 5.92 Å². The Morgan fingerprint density at radius 3 is 2.35 bits per heavy atom. The van der Waals surface area contributed by atoms with Crippen LogP contribution in [0, 0.1) is 5.92 Å². The van der Waals surface area contributed by atoms with E-state index in [1.54, 1.807) is 6.92 Å². The minimum Gasteiger partial charge on any atom is -0.464 e. The maximum Gasteiger partial charge on any atom is 0.391 e. The van der Waals surface area contributed by atoms with E-state index in [0.717, 1.165) is 6.42 Å². The molecule has 2 aliphatic rings. The molecule has 1 aliphatic heterocycles. The molecule has 0 bridgehead atoms. The summed E-state index contributed by atoms with van der Waals surface area (Å²) in [7, 11) is 0. The predicted octanol–water partition coefficient (Wildman–Crippen LogP) is 3.61. The molecule has 20 heavy (non-hydrogen) atoms. The highest BCUT2D eigenvalue weighted by Gasteiger charge is 2.75. The van der Waals surface area contributed by atoms with Crippen molar-refractivity contribution >= 4 is 5.97 Å². The van der Waals surface area contributed by atoms with Crippen LogP contribution in [0.25, 0.3) is 0 Å². The van der Waals surface area contributed by atoms with Gasteiger partial charge < -0.3 is 9.47 Å². The van der Waals surface area contributed by atoms with Crippen molar-refractivity contribution in [3.63, 3.8) is 0 Å². The fraction of sp³-hybridized carbons (Fsp3) is 0.929. The smallest absolute Gasteiger partial charge is 0.391 e. The molecule has 1 spiro atoms. The third-order valence-corrected chi connectivity index (χ3v) is 4.53. The molecule has 116 valence electrons. The van der Waals surface area contributed by atoms with Crippen molar-refractivity contribution in [2.45, 2.75) is 69.8 Å². The summed E-state index contributed by atoms with van der Waals surface area (Å²) in [5, 5.41) is 0. The lowest BCUT2D eigenvalue weighted by molar-refractivity contribution is -0.184. The van der Waals surface area contributed by atoms with Crippen LogP contribution in [0.3, 0.4) is 0 Å². The quantitative estimate of drug-likeness (QED) is 0.587. The monoisotopic (exact) mass is 294 g/mol. The lowest BCUT2D eigenvalue weighted by Crippen LogP contribution is -2.40. The Hall–Kier alpha value is -0.780. The molecule has 1 saturated carbocycles. The van der Waals surface area contributed by atoms with Gasteiger partial charge in [-0.05, 0) is 39.0 Å². The highest BCUT2D eigenvalue weighted by molar-refractivity contribution is 5.85. The van der Waals surface area contributed by atoms with E-state index in [1.165, 1.54) is 0 Å². The third kappa shape index (κ3) is 2.43. The predicted molar refractivity (Wildman–Crippen MR) is 66.1 cm³/mol. The zero-order valence-electron chi connectivity index (χ0n) is 11.9. The molecule has 2 rings (SSSR count). The largest absolute Gasteiger partial charge is 0.464 e. The highest BCUT2D eigenvalue weighted by atomic mass is 19.4. The zero-order chi connectivity index (χ0) is 15.0. The van der Waals surface area contributed by atoms with E-state index in [2.05, 4.69) is 0 Å². The molecule has 3 nitrogen and oxygen atoms in total. The first-order valence-electron chi connectivity index (χ1n) is 7.25. The SMILES string of the molecule is CCCC1(C(=O)OCC)OC12CCC(C(F)(F)F)CC2. The van der Waals surface area contributed by atoms with Crippen molar-refractivity contribution in [1.29, 1.82) is 0 Å². The average Bonchev–Trinajstić information content (AvgIpc) is 2.97. The average molecular weight is 294 g/mol. The summed E-state index contributed by atoms with van der Waals surface area (Å²) < 4.78 is 48.9. The van der Waals surface area contributed by atoms with Crippen molar-refractivity contribution in [1.82, 2.24) is 0 Å². The summed E-state index contributed by atoms with van der Waals surface area (Å²) in [6, 6.07) is 0. The van der Waals surface area contributed by atoms with Gasteiger partial charge in [-0.3, -0.25) is 0 Å². The normalized spacial score (nSPS) is 37.0. The van der Waals surface area contributed by atoms with Crippen LogP contribution in [-0.2, 0) is 14.3 Å². The Morgan fingerprint density at radius 1 is 1.30 bits per heavy atom. The number of alkyl halides is 3. The molecule has 6 heteroatoms. The van der Waals surface area contributed by atoms with Crippen LogP contribution < -0.4 is 0 Å². The number of halogens is 3. The van der Waals surface area contributed by atoms with Crippen LogP contribution in [0.15, 0.2) is 0 Å². The van der Waals surface area contributed by atoms with Gasteiger partial charge >= 0.3 is 12.1 Å². The van der Waals surface area contributed by atoms with Crippen LogP contribution >= 0.6 is 0 Å². The van der Waals surface area contributed by atoms with Crippen LogP contribution in [0.5, 0.6) is 0 Å². The van der Waals surface area contributed by atoms with Gasteiger partial charge in [-0.25, -0.2) is 4.79 Å². The molecule has 0 aromatic rings. The Labute approximate surface area is 116 Å². The Kier molecular flexibility index (Phi) is 4.06. The minimum atomic E-state index is -4.14. The first-order chi connectivity index (χ1) is 9.31. The van der Waals surface area contributed by atoms with Crippen LogP contribution in [-0.4, -0.2) is 30.0 Å². The fourth-order valence-electron chi connectivity index (χ4n) is 3.43. The van der Waals surface area contributed by atoms with E-state index in [4.69, 9.17) is 9.47 Å². The molecule has 0 aromatic carbocycles. The molecule has 0 N–H and O–H groups in total. The molecule has 0 radical (unpaired) electrons. The second-order valence-corrected chi connectivity index (χ2v) is 5.71. The van der Waals surface area contributed by atoms with Gasteiger partial charge in [-0.1, -0.05) is 13.3 Å². The number of ether oxygens (including phenoxy) is 2. The summed E-state index contributed by atoms with van der Waals surface area (Å²) in [6.45, 7) is 3.90. The molecule has 1 unspecified atom stereocenters. The van der Waals surface area contributed by atoms with Gasteiger partial charge in [0.25, 0.3) is 0 Å². The summed E-state index contributed by atoms with van der Waals surface area (Å²) in [4.78, 5) is 12.1. The number of epoxide rings is 1. The lowest BCUT2D eigenvalue weighted by Gasteiger charge is -2.29. The zero-order valence-corrected chi connectivity index (χ0v) is 11.9. The van der Waals surface area contributed by atoms with Gasteiger partial charge in [0, 0.05) is 0 Å². The molecular weight excluding hydrogens is 273 g/mol. The van der Waals surface area contributed by atoms with Gasteiger partial charge in [-0.15, -0.1) is 0 Å². The van der Waals surface area contributed by atoms with Crippen LogP contribution in [0.4, 0.5) is 13.2 Å². The molecule has 0 aromatic heterocycles. The topological polar surface area (TPSA) is 38.8 Å². The number of carbonyl (C=O) groups excluding carboxylic acids is 1. The first-order valence-corrected chi connectivity index (χ1v) is 7.25. The van der Waals surface area contributed by atoms with E-state index in [-0.39, 0.29) is 32.3 Å². The second-order valence-electron chi connectivity index (χ2n) is 5.71. The Morgan fingerprint density at radius 2 is 1.90 bits per heavy atom. The van der Waals surface area contributed by atoms with Gasteiger partial charge in [0.05, 0.1) is 12.5 Å². The van der Waals surface area contributed by atoms with Gasteiger partial charge in [0.15, 0.2) is 5.60 Å². The molecule has 2 fully saturated rings. The number of hydrogen-bond acceptors (Lipinski definition) is 3. The van der Waals surface area contributed by atoms with Crippen LogP contribution in [0.2, 0.25) is 0 Å².